The van der Waals surface area contributed by atoms with E-state index in [1.807, 2.05) is 0 Å². The number of carbonyl (C=O) groups is 1. The van der Waals surface area contributed by atoms with E-state index in [0.29, 0.717) is 36.9 Å². The minimum atomic E-state index is -0.223. The first-order valence-electron chi connectivity index (χ1n) is 12.9. The molecule has 3 aliphatic rings. The molecule has 36 heavy (non-hydrogen) atoms. The number of likely N-dealkylation sites (tertiary alicyclic amines) is 1. The van der Waals surface area contributed by atoms with Crippen LogP contribution in [0.25, 0.3) is 0 Å². The number of benzene rings is 1. The molecule has 0 aliphatic carbocycles. The predicted octanol–water partition coefficient (Wildman–Crippen LogP) is 3.30. The standard InChI is InChI=1S/C27H42N2O5.H2O.U/c1-18(2)10-21-15-28-9-7-20-12-25(32-3)26(33-4)13-23(20)24(28)11-22(21)17-34-27(31)29-8-5-6-19(14-29)16-30;;/h12-13,18-19,21-22,24,30H,5-11,14-17H2,1-4H3;1H2;. The summed E-state index contributed by atoms with van der Waals surface area (Å²) in [4.78, 5) is 17.3. The molecular weight excluding hydrogens is 686 g/mol. The number of hydrogen-bond donors (Lipinski definition) is 1. The Labute approximate surface area is 239 Å². The van der Waals surface area contributed by atoms with Gasteiger partial charge in [-0.2, -0.15) is 0 Å². The van der Waals surface area contributed by atoms with Crippen LogP contribution in [0.4, 0.5) is 4.79 Å². The predicted molar refractivity (Wildman–Crippen MR) is 135 cm³/mol. The van der Waals surface area contributed by atoms with Crippen molar-refractivity contribution >= 4 is 6.09 Å². The summed E-state index contributed by atoms with van der Waals surface area (Å²) in [6.07, 6.45) is 4.82. The maximum Gasteiger partial charge on any atom is 0.409 e. The van der Waals surface area contributed by atoms with Crippen molar-refractivity contribution in [1.82, 2.24) is 9.80 Å². The van der Waals surface area contributed by atoms with Crippen LogP contribution in [-0.4, -0.2) is 80.1 Å². The Morgan fingerprint density at radius 3 is 2.50 bits per heavy atom. The largest absolute Gasteiger partial charge is 0.493 e. The first kappa shape index (κ1) is 31.2. The molecule has 2 saturated heterocycles. The molecule has 4 atom stereocenters. The van der Waals surface area contributed by atoms with Crippen LogP contribution < -0.4 is 9.47 Å². The maximum absolute atomic E-state index is 12.8. The summed E-state index contributed by atoms with van der Waals surface area (Å²) in [5.41, 5.74) is 2.66. The maximum atomic E-state index is 12.8. The van der Waals surface area contributed by atoms with Gasteiger partial charge in [-0.05, 0) is 79.0 Å². The van der Waals surface area contributed by atoms with Crippen LogP contribution >= 0.6 is 0 Å². The topological polar surface area (TPSA) is 103 Å². The summed E-state index contributed by atoms with van der Waals surface area (Å²) < 4.78 is 17.1. The number of methoxy groups -OCH3 is 2. The number of nitrogens with zero attached hydrogens (tertiary/aromatic N) is 2. The van der Waals surface area contributed by atoms with E-state index in [4.69, 9.17) is 14.2 Å². The quantitative estimate of drug-likeness (QED) is 0.463. The fraction of sp³-hybridized carbons (Fsp3) is 0.741. The summed E-state index contributed by atoms with van der Waals surface area (Å²) in [7, 11) is 3.38. The number of rotatable bonds is 7. The van der Waals surface area contributed by atoms with Crippen LogP contribution in [-0.2, 0) is 11.2 Å². The molecule has 3 N–H and O–H groups in total. The van der Waals surface area contributed by atoms with E-state index >= 15 is 0 Å². The minimum absolute atomic E-state index is 0. The average molecular weight is 731 g/mol. The van der Waals surface area contributed by atoms with Crippen molar-refractivity contribution in [1.29, 1.82) is 0 Å². The van der Waals surface area contributed by atoms with E-state index in [-0.39, 0.29) is 55.2 Å². The molecule has 1 aromatic carbocycles. The van der Waals surface area contributed by atoms with Crippen molar-refractivity contribution < 1.29 is 60.7 Å². The number of ether oxygens (including phenoxy) is 3. The van der Waals surface area contributed by atoms with E-state index in [9.17, 15) is 9.90 Å². The first-order chi connectivity index (χ1) is 16.4. The van der Waals surface area contributed by atoms with Gasteiger partial charge >= 0.3 is 6.09 Å². The smallest absolute Gasteiger partial charge is 0.409 e. The van der Waals surface area contributed by atoms with Gasteiger partial charge in [-0.1, -0.05) is 13.8 Å². The number of fused-ring (bicyclic) bond motifs is 3. The molecule has 0 radical (unpaired) electrons. The molecule has 4 unspecified atom stereocenters. The van der Waals surface area contributed by atoms with Gasteiger partial charge in [0.25, 0.3) is 0 Å². The van der Waals surface area contributed by atoms with E-state index in [0.717, 1.165) is 63.2 Å². The third-order valence-corrected chi connectivity index (χ3v) is 8.01. The van der Waals surface area contributed by atoms with Gasteiger partial charge in [-0.15, -0.1) is 0 Å². The van der Waals surface area contributed by atoms with Gasteiger partial charge < -0.3 is 29.7 Å². The fourth-order valence-electron chi connectivity index (χ4n) is 6.23. The molecule has 8 nitrogen and oxygen atoms in total. The molecule has 9 heteroatoms. The number of carbonyl (C=O) groups excluding carboxylic acids is 1. The van der Waals surface area contributed by atoms with Gasteiger partial charge in [0.2, 0.25) is 0 Å². The van der Waals surface area contributed by atoms with Crippen molar-refractivity contribution in [3.8, 4) is 11.5 Å². The second-order valence-electron chi connectivity index (χ2n) is 10.8. The average Bonchev–Trinajstić information content (AvgIpc) is 2.85. The Hall–Kier alpha value is -0.978. The van der Waals surface area contributed by atoms with Crippen molar-refractivity contribution in [2.24, 2.45) is 23.7 Å². The Kier molecular flexibility index (Phi) is 12.4. The third-order valence-electron chi connectivity index (χ3n) is 8.01. The second-order valence-corrected chi connectivity index (χ2v) is 10.8. The number of aliphatic hydroxyl groups is 1. The Balaban J connectivity index is 0.00000228. The molecule has 1 amide bonds. The SMILES string of the molecule is COc1cc2c(cc1OC)C1CC(COC(=O)N3CCCC(CO)C3)C(CC(C)C)CN1CC2.O.[U]. The van der Waals surface area contributed by atoms with Gasteiger partial charge in [-0.3, -0.25) is 4.90 Å². The molecule has 2 fully saturated rings. The summed E-state index contributed by atoms with van der Waals surface area (Å²) in [6.45, 7) is 8.56. The fourth-order valence-corrected chi connectivity index (χ4v) is 6.23. The van der Waals surface area contributed by atoms with Crippen molar-refractivity contribution in [2.75, 3.05) is 53.6 Å². The minimum Gasteiger partial charge on any atom is -0.493 e. The Morgan fingerprint density at radius 1 is 1.11 bits per heavy atom. The number of hydrogen-bond acceptors (Lipinski definition) is 6. The van der Waals surface area contributed by atoms with Crippen LogP contribution in [0.3, 0.4) is 0 Å². The van der Waals surface area contributed by atoms with E-state index in [2.05, 4.69) is 30.9 Å². The third kappa shape index (κ3) is 7.11. The number of piperidine rings is 2. The van der Waals surface area contributed by atoms with E-state index in [1.165, 1.54) is 11.1 Å². The molecule has 0 spiro atoms. The zero-order valence-corrected chi connectivity index (χ0v) is 26.5. The number of aliphatic hydroxyl groups excluding tert-OH is 1. The van der Waals surface area contributed by atoms with Crippen LogP contribution in [0, 0.1) is 54.8 Å². The van der Waals surface area contributed by atoms with Crippen LogP contribution in [0.1, 0.15) is 56.7 Å². The zero-order valence-electron chi connectivity index (χ0n) is 22.3. The molecule has 3 aliphatic heterocycles. The van der Waals surface area contributed by atoms with Crippen molar-refractivity contribution in [3.05, 3.63) is 23.3 Å². The summed E-state index contributed by atoms with van der Waals surface area (Å²) in [6, 6.07) is 4.60. The van der Waals surface area contributed by atoms with Gasteiger partial charge in [0, 0.05) is 69.9 Å². The Bertz CT molecular complexity index is 854. The van der Waals surface area contributed by atoms with Crippen molar-refractivity contribution in [2.45, 2.75) is 52.0 Å². The monoisotopic (exact) mass is 730 g/mol. The molecule has 4 rings (SSSR count). The molecule has 3 heterocycles. The molecule has 0 bridgehead atoms. The Morgan fingerprint density at radius 2 is 1.83 bits per heavy atom. The van der Waals surface area contributed by atoms with Gasteiger partial charge in [0.1, 0.15) is 0 Å². The van der Waals surface area contributed by atoms with Crippen LogP contribution in [0.5, 0.6) is 11.5 Å². The summed E-state index contributed by atoms with van der Waals surface area (Å²) >= 11 is 0. The molecule has 0 aromatic heterocycles. The van der Waals surface area contributed by atoms with E-state index < -0.39 is 0 Å². The van der Waals surface area contributed by atoms with Gasteiger partial charge in [0.15, 0.2) is 11.5 Å². The molecule has 1 aromatic rings. The summed E-state index contributed by atoms with van der Waals surface area (Å²) in [5, 5.41) is 9.50. The molecule has 202 valence electrons. The normalized spacial score (nSPS) is 25.7. The van der Waals surface area contributed by atoms with Crippen LogP contribution in [0.15, 0.2) is 12.1 Å². The van der Waals surface area contributed by atoms with Crippen molar-refractivity contribution in [3.63, 3.8) is 0 Å². The van der Waals surface area contributed by atoms with Crippen LogP contribution in [0.2, 0.25) is 0 Å². The zero-order chi connectivity index (χ0) is 24.2. The van der Waals surface area contributed by atoms with E-state index in [1.54, 1.807) is 19.1 Å². The number of amides is 1. The molecule has 0 saturated carbocycles. The first-order valence-corrected chi connectivity index (χ1v) is 12.9. The van der Waals surface area contributed by atoms with Gasteiger partial charge in [0.05, 0.1) is 20.8 Å². The summed E-state index contributed by atoms with van der Waals surface area (Å²) in [5.74, 6) is 3.18. The molecular formula is C27H44N2O6U. The van der Waals surface area contributed by atoms with Gasteiger partial charge in [-0.25, -0.2) is 4.79 Å². The second kappa shape index (κ2) is 14.3.